The molecular weight excluding hydrogens is 328 g/mol. The minimum Gasteiger partial charge on any atom is -0.497 e. The fraction of sp³-hybridized carbons (Fsp3) is 0.188. The molecule has 1 fully saturated rings. The summed E-state index contributed by atoms with van der Waals surface area (Å²) < 4.78 is 5.17. The van der Waals surface area contributed by atoms with Gasteiger partial charge in [0.25, 0.3) is 5.69 Å². The minimum atomic E-state index is -0.592. The van der Waals surface area contributed by atoms with E-state index in [9.17, 15) is 10.1 Å². The van der Waals surface area contributed by atoms with Gasteiger partial charge in [-0.2, -0.15) is 5.43 Å². The first kappa shape index (κ1) is 16.2. The molecule has 0 radical (unpaired) electrons. The predicted octanol–water partition coefficient (Wildman–Crippen LogP) is 2.68. The van der Waals surface area contributed by atoms with E-state index in [1.807, 2.05) is 31.2 Å². The van der Waals surface area contributed by atoms with E-state index in [4.69, 9.17) is 17.0 Å². The molecule has 0 unspecified atom stereocenters. The second-order valence-corrected chi connectivity index (χ2v) is 5.89. The van der Waals surface area contributed by atoms with Crippen molar-refractivity contribution in [3.8, 4) is 5.75 Å². The maximum Gasteiger partial charge on any atom is 0.269 e. The largest absolute Gasteiger partial charge is 0.497 e. The summed E-state index contributed by atoms with van der Waals surface area (Å²) in [6, 6.07) is 13.8. The van der Waals surface area contributed by atoms with Crippen LogP contribution in [0.4, 0.5) is 11.4 Å². The number of nitro benzene ring substituents is 1. The number of nitro groups is 1. The van der Waals surface area contributed by atoms with Gasteiger partial charge in [0.2, 0.25) is 0 Å². The van der Waals surface area contributed by atoms with Crippen molar-refractivity contribution in [3.05, 3.63) is 64.2 Å². The van der Waals surface area contributed by atoms with E-state index in [2.05, 4.69) is 10.7 Å². The van der Waals surface area contributed by atoms with E-state index >= 15 is 0 Å². The summed E-state index contributed by atoms with van der Waals surface area (Å²) in [5.74, 6) is 0.773. The Morgan fingerprint density at radius 2 is 1.79 bits per heavy atom. The van der Waals surface area contributed by atoms with Gasteiger partial charge in [0.15, 0.2) is 5.11 Å². The molecule has 24 heavy (non-hydrogen) atoms. The fourth-order valence-corrected chi connectivity index (χ4v) is 2.89. The molecule has 2 N–H and O–H groups in total. The van der Waals surface area contributed by atoms with Crippen LogP contribution in [0.15, 0.2) is 48.5 Å². The molecule has 124 valence electrons. The molecule has 0 amide bonds. The molecule has 0 saturated carbocycles. The van der Waals surface area contributed by atoms with Gasteiger partial charge in [0.1, 0.15) is 11.4 Å². The van der Waals surface area contributed by atoms with Crippen LogP contribution >= 0.6 is 12.2 Å². The van der Waals surface area contributed by atoms with Crippen molar-refractivity contribution < 1.29 is 9.66 Å². The third-order valence-electron chi connectivity index (χ3n) is 3.88. The van der Waals surface area contributed by atoms with E-state index in [0.717, 1.165) is 17.0 Å². The zero-order valence-electron chi connectivity index (χ0n) is 13.1. The van der Waals surface area contributed by atoms with Gasteiger partial charge >= 0.3 is 0 Å². The van der Waals surface area contributed by atoms with Gasteiger partial charge in [-0.1, -0.05) is 12.1 Å². The fourth-order valence-electron chi connectivity index (χ4n) is 2.54. The number of rotatable bonds is 4. The Labute approximate surface area is 144 Å². The lowest BCUT2D eigenvalue weighted by atomic mass is 10.0. The highest BCUT2D eigenvalue weighted by Crippen LogP contribution is 2.28. The van der Waals surface area contributed by atoms with Crippen LogP contribution in [0.2, 0.25) is 0 Å². The number of non-ortho nitro benzene ring substituents is 1. The van der Waals surface area contributed by atoms with Crippen LogP contribution < -0.4 is 20.5 Å². The summed E-state index contributed by atoms with van der Waals surface area (Å²) >= 11 is 5.40. The highest BCUT2D eigenvalue weighted by atomic mass is 32.1. The average molecular weight is 344 g/mol. The van der Waals surface area contributed by atoms with Crippen LogP contribution in [-0.2, 0) is 5.66 Å². The summed E-state index contributed by atoms with van der Waals surface area (Å²) in [4.78, 5) is 10.3. The first-order valence-corrected chi connectivity index (χ1v) is 7.63. The first-order chi connectivity index (χ1) is 11.4. The van der Waals surface area contributed by atoms with E-state index in [0.29, 0.717) is 5.11 Å². The summed E-state index contributed by atoms with van der Waals surface area (Å²) in [5.41, 5.74) is 4.45. The summed E-state index contributed by atoms with van der Waals surface area (Å²) in [6.45, 7) is 1.96. The number of hydrogen-bond acceptors (Lipinski definition) is 5. The number of nitrogens with one attached hydrogen (secondary N) is 2. The van der Waals surface area contributed by atoms with Gasteiger partial charge in [0.05, 0.1) is 17.7 Å². The lowest BCUT2D eigenvalue weighted by molar-refractivity contribution is -0.384. The number of anilines is 1. The molecule has 8 heteroatoms. The van der Waals surface area contributed by atoms with E-state index in [-0.39, 0.29) is 5.69 Å². The lowest BCUT2D eigenvalue weighted by Crippen LogP contribution is -2.45. The van der Waals surface area contributed by atoms with E-state index in [1.165, 1.54) is 12.1 Å². The van der Waals surface area contributed by atoms with Crippen molar-refractivity contribution in [1.29, 1.82) is 0 Å². The van der Waals surface area contributed by atoms with Crippen LogP contribution in [0.25, 0.3) is 0 Å². The summed E-state index contributed by atoms with van der Waals surface area (Å²) in [5, 5.41) is 16.2. The molecule has 3 rings (SSSR count). The van der Waals surface area contributed by atoms with Gasteiger partial charge in [-0.15, -0.1) is 0 Å². The Morgan fingerprint density at radius 3 is 2.33 bits per heavy atom. The zero-order valence-corrected chi connectivity index (χ0v) is 14.0. The van der Waals surface area contributed by atoms with Crippen LogP contribution in [0.5, 0.6) is 5.75 Å². The highest BCUT2D eigenvalue weighted by Gasteiger charge is 2.38. The molecule has 1 saturated heterocycles. The minimum absolute atomic E-state index is 0.0368. The molecule has 1 aliphatic rings. The quantitative estimate of drug-likeness (QED) is 0.501. The highest BCUT2D eigenvalue weighted by molar-refractivity contribution is 7.80. The average Bonchev–Trinajstić information content (AvgIpc) is 2.91. The van der Waals surface area contributed by atoms with Gasteiger partial charge in [-0.25, -0.2) is 5.01 Å². The molecule has 0 bridgehead atoms. The van der Waals surface area contributed by atoms with Crippen molar-refractivity contribution >= 4 is 28.7 Å². The van der Waals surface area contributed by atoms with Crippen molar-refractivity contribution in [1.82, 2.24) is 10.7 Å². The van der Waals surface area contributed by atoms with E-state index in [1.54, 1.807) is 24.3 Å². The van der Waals surface area contributed by atoms with E-state index < -0.39 is 10.6 Å². The Hall–Kier alpha value is -2.71. The Kier molecular flexibility index (Phi) is 4.08. The van der Waals surface area contributed by atoms with Crippen molar-refractivity contribution in [3.63, 3.8) is 0 Å². The standard InChI is InChI=1S/C16H16N4O3S/c1-16(11-3-9-14(23-2)10-4-11)17-15(24)19(18-16)12-5-7-13(8-6-12)20(21)22/h3-10,18H,1-2H3,(H,17,24)/t16-/m1/s1. The van der Waals surface area contributed by atoms with Crippen LogP contribution in [0.1, 0.15) is 12.5 Å². The number of thiocarbonyl (C=S) groups is 1. The lowest BCUT2D eigenvalue weighted by Gasteiger charge is -2.26. The Morgan fingerprint density at radius 1 is 1.17 bits per heavy atom. The predicted molar refractivity (Wildman–Crippen MR) is 94.8 cm³/mol. The van der Waals surface area contributed by atoms with Gasteiger partial charge in [-0.3, -0.25) is 10.1 Å². The number of hydrazine groups is 1. The molecule has 1 atom stereocenters. The summed E-state index contributed by atoms with van der Waals surface area (Å²) in [6.07, 6.45) is 0. The number of hydrogen-bond donors (Lipinski definition) is 2. The monoisotopic (exact) mass is 344 g/mol. The van der Waals surface area contributed by atoms with Gasteiger partial charge in [0, 0.05) is 12.1 Å². The molecule has 0 aromatic heterocycles. The van der Waals surface area contributed by atoms with Crippen LogP contribution in [0, 0.1) is 10.1 Å². The molecule has 0 aliphatic carbocycles. The molecule has 7 nitrogen and oxygen atoms in total. The molecule has 2 aromatic carbocycles. The smallest absolute Gasteiger partial charge is 0.269 e. The second-order valence-electron chi connectivity index (χ2n) is 5.50. The van der Waals surface area contributed by atoms with Crippen molar-refractivity contribution in [2.75, 3.05) is 12.1 Å². The maximum atomic E-state index is 10.8. The molecular formula is C16H16N4O3S. The van der Waals surface area contributed by atoms with Crippen molar-refractivity contribution in [2.45, 2.75) is 12.6 Å². The van der Waals surface area contributed by atoms with Crippen LogP contribution in [-0.4, -0.2) is 17.1 Å². The third kappa shape index (κ3) is 2.89. The first-order valence-electron chi connectivity index (χ1n) is 7.22. The number of ether oxygens (including phenoxy) is 1. The molecule has 0 spiro atoms. The third-order valence-corrected chi connectivity index (χ3v) is 4.17. The normalized spacial score (nSPS) is 19.9. The van der Waals surface area contributed by atoms with Gasteiger partial charge < -0.3 is 10.1 Å². The van der Waals surface area contributed by atoms with Crippen molar-refractivity contribution in [2.24, 2.45) is 0 Å². The van der Waals surface area contributed by atoms with Crippen LogP contribution in [0.3, 0.4) is 0 Å². The topological polar surface area (TPSA) is 79.7 Å². The number of methoxy groups -OCH3 is 1. The maximum absolute atomic E-state index is 10.8. The summed E-state index contributed by atoms with van der Waals surface area (Å²) in [7, 11) is 1.62. The van der Waals surface area contributed by atoms with Gasteiger partial charge in [-0.05, 0) is 49.0 Å². The number of benzene rings is 2. The SMILES string of the molecule is COc1ccc([C@]2(C)NC(=S)N(c3ccc([N+](=O)[O-])cc3)N2)cc1. The zero-order chi connectivity index (χ0) is 17.3. The molecule has 1 aliphatic heterocycles. The number of nitrogens with zero attached hydrogens (tertiary/aromatic N) is 2. The molecule has 1 heterocycles. The second kappa shape index (κ2) is 6.06. The Balaban J connectivity index is 1.85. The Bertz CT molecular complexity index is 779. The molecule has 2 aromatic rings.